The largest absolute Gasteiger partial charge is 0.417 e. The summed E-state index contributed by atoms with van der Waals surface area (Å²) in [5.41, 5.74) is -7.90. The number of anilines is 3. The molecule has 1 aliphatic heterocycles. The standard InChI is InChI=1S/C27H18F8N4O2/c1-12-18(29)10-16(22(21(12)31)37-20-7-5-14(28)8-19(20)30)23(32)39-25(41)38(24(40)26(39,2)3)15-6-4-13(11-36)17(9-15)27(33,34)35/h4-10,23,37H,1-3H3. The number of nitrogens with one attached hydrogen (secondary N) is 1. The summed E-state index contributed by atoms with van der Waals surface area (Å²) in [6.07, 6.45) is -7.85. The Balaban J connectivity index is 1.83. The summed E-state index contributed by atoms with van der Waals surface area (Å²) in [4.78, 5) is 27.1. The second-order valence-corrected chi connectivity index (χ2v) is 9.54. The number of benzene rings is 3. The minimum Gasteiger partial charge on any atom is -0.350 e. The molecule has 0 aromatic heterocycles. The van der Waals surface area contributed by atoms with Gasteiger partial charge >= 0.3 is 12.2 Å². The molecule has 14 heteroatoms. The van der Waals surface area contributed by atoms with E-state index in [1.54, 1.807) is 0 Å². The van der Waals surface area contributed by atoms with Crippen molar-refractivity contribution in [3.63, 3.8) is 0 Å². The van der Waals surface area contributed by atoms with Gasteiger partial charge in [0.1, 0.15) is 23.0 Å². The van der Waals surface area contributed by atoms with E-state index in [0.717, 1.165) is 45.0 Å². The van der Waals surface area contributed by atoms with E-state index in [9.17, 15) is 35.9 Å². The Morgan fingerprint density at radius 3 is 2.22 bits per heavy atom. The number of alkyl halides is 4. The Kier molecular flexibility index (Phi) is 7.19. The van der Waals surface area contributed by atoms with Gasteiger partial charge in [-0.3, -0.25) is 9.69 Å². The molecule has 3 aromatic carbocycles. The third kappa shape index (κ3) is 4.92. The maximum atomic E-state index is 16.2. The SMILES string of the molecule is Cc1c(F)cc(C(F)N2C(=O)N(c3ccc(C#N)c(C(F)(F)F)c3)C(=O)C2(C)C)c(Nc2ccc(F)cc2F)c1F. The summed E-state index contributed by atoms with van der Waals surface area (Å²) in [6.45, 7) is 3.11. The van der Waals surface area contributed by atoms with Gasteiger partial charge in [0.15, 0.2) is 5.82 Å². The van der Waals surface area contributed by atoms with Crippen LogP contribution in [0.15, 0.2) is 42.5 Å². The van der Waals surface area contributed by atoms with Crippen molar-refractivity contribution in [3.05, 3.63) is 88.0 Å². The molecule has 1 heterocycles. The highest BCUT2D eigenvalue weighted by Crippen LogP contribution is 2.44. The van der Waals surface area contributed by atoms with Crippen molar-refractivity contribution in [3.8, 4) is 6.07 Å². The molecule has 1 atom stereocenters. The number of rotatable bonds is 5. The summed E-state index contributed by atoms with van der Waals surface area (Å²) in [7, 11) is 0. The smallest absolute Gasteiger partial charge is 0.350 e. The van der Waals surface area contributed by atoms with Crippen LogP contribution in [0.2, 0.25) is 0 Å². The molecule has 0 radical (unpaired) electrons. The molecule has 1 fully saturated rings. The number of urea groups is 1. The summed E-state index contributed by atoms with van der Waals surface area (Å²) >= 11 is 0. The molecule has 214 valence electrons. The van der Waals surface area contributed by atoms with Crippen molar-refractivity contribution in [1.29, 1.82) is 5.26 Å². The first-order valence-electron chi connectivity index (χ1n) is 11.6. The Morgan fingerprint density at radius 2 is 1.63 bits per heavy atom. The lowest BCUT2D eigenvalue weighted by Crippen LogP contribution is -2.45. The molecule has 41 heavy (non-hydrogen) atoms. The molecule has 1 aliphatic rings. The van der Waals surface area contributed by atoms with Crippen molar-refractivity contribution < 1.29 is 44.7 Å². The van der Waals surface area contributed by atoms with Crippen molar-refractivity contribution in [2.45, 2.75) is 38.8 Å². The number of nitriles is 1. The molecule has 0 saturated carbocycles. The van der Waals surface area contributed by atoms with E-state index in [2.05, 4.69) is 5.32 Å². The van der Waals surface area contributed by atoms with Crippen LogP contribution < -0.4 is 10.2 Å². The lowest BCUT2D eigenvalue weighted by molar-refractivity contribution is -0.137. The zero-order valence-corrected chi connectivity index (χ0v) is 21.3. The van der Waals surface area contributed by atoms with Crippen LogP contribution in [-0.4, -0.2) is 22.4 Å². The molecule has 1 N–H and O–H groups in total. The van der Waals surface area contributed by atoms with Gasteiger partial charge in [-0.15, -0.1) is 0 Å². The second-order valence-electron chi connectivity index (χ2n) is 9.54. The number of halogens is 8. The average molecular weight is 582 g/mol. The number of hydrogen-bond acceptors (Lipinski definition) is 4. The van der Waals surface area contributed by atoms with Gasteiger partial charge in [-0.1, -0.05) is 0 Å². The van der Waals surface area contributed by atoms with E-state index >= 15 is 8.78 Å². The lowest BCUT2D eigenvalue weighted by atomic mass is 10.00. The van der Waals surface area contributed by atoms with Crippen LogP contribution in [0.1, 0.15) is 42.4 Å². The molecule has 3 aromatic rings. The maximum Gasteiger partial charge on any atom is 0.417 e. The third-order valence-corrected chi connectivity index (χ3v) is 6.57. The van der Waals surface area contributed by atoms with Crippen molar-refractivity contribution in [1.82, 2.24) is 4.90 Å². The van der Waals surface area contributed by atoms with Crippen LogP contribution in [-0.2, 0) is 11.0 Å². The predicted molar refractivity (Wildman–Crippen MR) is 130 cm³/mol. The molecule has 0 spiro atoms. The van der Waals surface area contributed by atoms with Crippen LogP contribution in [0.4, 0.5) is 57.0 Å². The highest BCUT2D eigenvalue weighted by Gasteiger charge is 2.56. The maximum absolute atomic E-state index is 16.2. The van der Waals surface area contributed by atoms with Gasteiger partial charge in [-0.2, -0.15) is 18.4 Å². The summed E-state index contributed by atoms with van der Waals surface area (Å²) < 4.78 is 114. The van der Waals surface area contributed by atoms with Crippen LogP contribution in [0.3, 0.4) is 0 Å². The number of nitrogens with zero attached hydrogens (tertiary/aromatic N) is 3. The molecule has 3 amide bonds. The van der Waals surface area contributed by atoms with E-state index in [-0.39, 0.29) is 9.80 Å². The van der Waals surface area contributed by atoms with Crippen LogP contribution in [0.5, 0.6) is 0 Å². The molecule has 1 saturated heterocycles. The highest BCUT2D eigenvalue weighted by atomic mass is 19.4. The normalized spacial score (nSPS) is 15.8. The van der Waals surface area contributed by atoms with Gasteiger partial charge in [0.2, 0.25) is 6.30 Å². The zero-order chi connectivity index (χ0) is 30.6. The zero-order valence-electron chi connectivity index (χ0n) is 21.3. The van der Waals surface area contributed by atoms with Crippen molar-refractivity contribution >= 4 is 29.0 Å². The van der Waals surface area contributed by atoms with Crippen molar-refractivity contribution in [2.24, 2.45) is 0 Å². The first-order chi connectivity index (χ1) is 19.0. The molecule has 0 bridgehead atoms. The van der Waals surface area contributed by atoms with Crippen molar-refractivity contribution in [2.75, 3.05) is 10.2 Å². The van der Waals surface area contributed by atoms with Crippen LogP contribution in [0, 0.1) is 41.5 Å². The molecular weight excluding hydrogens is 564 g/mol. The average Bonchev–Trinajstić information content (AvgIpc) is 3.07. The monoisotopic (exact) mass is 582 g/mol. The van der Waals surface area contributed by atoms with Gasteiger partial charge < -0.3 is 5.32 Å². The van der Waals surface area contributed by atoms with E-state index in [4.69, 9.17) is 5.26 Å². The fourth-order valence-corrected chi connectivity index (χ4v) is 4.34. The van der Waals surface area contributed by atoms with Gasteiger partial charge in [0, 0.05) is 17.2 Å². The molecule has 6 nitrogen and oxygen atoms in total. The number of carbonyl (C=O) groups excluding carboxylic acids is 2. The summed E-state index contributed by atoms with van der Waals surface area (Å²) in [5.74, 6) is -6.03. The number of amides is 3. The predicted octanol–water partition coefficient (Wildman–Crippen LogP) is 7.40. The summed E-state index contributed by atoms with van der Waals surface area (Å²) in [5, 5.41) is 11.3. The van der Waals surface area contributed by atoms with Gasteiger partial charge in [0.25, 0.3) is 5.91 Å². The fraction of sp³-hybridized carbons (Fsp3) is 0.222. The minimum absolute atomic E-state index is 0.247. The number of hydrogen-bond donors (Lipinski definition) is 1. The summed E-state index contributed by atoms with van der Waals surface area (Å²) in [6, 6.07) is 4.47. The Morgan fingerprint density at radius 1 is 0.976 bits per heavy atom. The third-order valence-electron chi connectivity index (χ3n) is 6.57. The molecular formula is C27H18F8N4O2. The quantitative estimate of drug-likeness (QED) is 0.193. The molecule has 1 unspecified atom stereocenters. The fourth-order valence-electron chi connectivity index (χ4n) is 4.34. The van der Waals surface area contributed by atoms with Crippen LogP contribution in [0.25, 0.3) is 0 Å². The van der Waals surface area contributed by atoms with Gasteiger partial charge in [-0.05, 0) is 57.2 Å². The first-order valence-corrected chi connectivity index (χ1v) is 11.6. The van der Waals surface area contributed by atoms with Gasteiger partial charge in [-0.25, -0.2) is 31.6 Å². The molecule has 4 rings (SSSR count). The first kappa shape index (κ1) is 29.3. The topological polar surface area (TPSA) is 76.4 Å². The lowest BCUT2D eigenvalue weighted by Gasteiger charge is -2.32. The van der Waals surface area contributed by atoms with Crippen LogP contribution >= 0.6 is 0 Å². The number of imide groups is 1. The Labute approximate surface area is 227 Å². The Hall–Kier alpha value is -4.67. The van der Waals surface area contributed by atoms with E-state index in [1.807, 2.05) is 0 Å². The van der Waals surface area contributed by atoms with E-state index in [1.165, 1.54) is 6.07 Å². The van der Waals surface area contributed by atoms with Gasteiger partial charge in [0.05, 0.1) is 34.3 Å². The highest BCUT2D eigenvalue weighted by molar-refractivity contribution is 6.23. The second kappa shape index (κ2) is 10.1. The van der Waals surface area contributed by atoms with E-state index in [0.29, 0.717) is 18.2 Å². The minimum atomic E-state index is -5.04. The molecule has 0 aliphatic carbocycles. The van der Waals surface area contributed by atoms with E-state index < -0.39 is 92.5 Å². The Bertz CT molecular complexity index is 1630. The number of carbonyl (C=O) groups is 2.